The van der Waals surface area contributed by atoms with Crippen molar-refractivity contribution < 1.29 is 8.78 Å². The molecule has 1 aliphatic carbocycles. The maximum absolute atomic E-state index is 13.7. The Morgan fingerprint density at radius 1 is 1.32 bits per heavy atom. The van der Waals surface area contributed by atoms with Gasteiger partial charge in [-0.1, -0.05) is 12.1 Å². The van der Waals surface area contributed by atoms with Crippen LogP contribution in [0.25, 0.3) is 0 Å². The number of nitrogens with one attached hydrogen (secondary N) is 1. The van der Waals surface area contributed by atoms with E-state index in [1.807, 2.05) is 0 Å². The van der Waals surface area contributed by atoms with E-state index in [0.29, 0.717) is 24.2 Å². The molecule has 1 aromatic carbocycles. The van der Waals surface area contributed by atoms with Gasteiger partial charge in [0.25, 0.3) is 0 Å². The first kappa shape index (κ1) is 13.0. The van der Waals surface area contributed by atoms with E-state index < -0.39 is 11.6 Å². The summed E-state index contributed by atoms with van der Waals surface area (Å²) in [7, 11) is 0. The zero-order valence-electron chi connectivity index (χ0n) is 11.2. The van der Waals surface area contributed by atoms with Crippen LogP contribution in [0.2, 0.25) is 0 Å². The third kappa shape index (κ3) is 2.79. The van der Waals surface area contributed by atoms with Crippen LogP contribution in [0.15, 0.2) is 18.2 Å². The summed E-state index contributed by atoms with van der Waals surface area (Å²) in [6, 6.07) is 5.32. The van der Waals surface area contributed by atoms with Gasteiger partial charge in [0.2, 0.25) is 0 Å². The number of halogens is 2. The quantitative estimate of drug-likeness (QED) is 0.904. The van der Waals surface area contributed by atoms with Crippen molar-refractivity contribution in [3.05, 3.63) is 35.4 Å². The zero-order valence-corrected chi connectivity index (χ0v) is 11.2. The third-order valence-corrected chi connectivity index (χ3v) is 4.33. The van der Waals surface area contributed by atoms with Gasteiger partial charge in [0, 0.05) is 37.3 Å². The first-order valence-corrected chi connectivity index (χ1v) is 7.05. The first-order chi connectivity index (χ1) is 9.15. The molecule has 0 radical (unpaired) electrons. The standard InChI is InChI=1S/C15H20F2N2/c1-10-7-18-14(11-5-6-11)9-19(10)8-12-3-2-4-13(16)15(12)17/h2-4,10-11,14,18H,5-9H2,1H3. The summed E-state index contributed by atoms with van der Waals surface area (Å²) < 4.78 is 27.0. The smallest absolute Gasteiger partial charge is 0.163 e. The molecule has 104 valence electrons. The van der Waals surface area contributed by atoms with E-state index in [9.17, 15) is 8.78 Å². The van der Waals surface area contributed by atoms with Crippen molar-refractivity contribution in [2.45, 2.75) is 38.4 Å². The SMILES string of the molecule is CC1CNC(C2CC2)CN1Cc1cccc(F)c1F. The Morgan fingerprint density at radius 3 is 2.84 bits per heavy atom. The van der Waals surface area contributed by atoms with Crippen LogP contribution < -0.4 is 5.32 Å². The molecular weight excluding hydrogens is 246 g/mol. The van der Waals surface area contributed by atoms with Gasteiger partial charge < -0.3 is 5.32 Å². The Morgan fingerprint density at radius 2 is 2.11 bits per heavy atom. The summed E-state index contributed by atoms with van der Waals surface area (Å²) in [6.07, 6.45) is 2.60. The van der Waals surface area contributed by atoms with Crippen LogP contribution in [-0.4, -0.2) is 30.1 Å². The lowest BCUT2D eigenvalue weighted by atomic mass is 10.0. The maximum atomic E-state index is 13.7. The van der Waals surface area contributed by atoms with E-state index >= 15 is 0 Å². The fraction of sp³-hybridized carbons (Fsp3) is 0.600. The van der Waals surface area contributed by atoms with Gasteiger partial charge >= 0.3 is 0 Å². The summed E-state index contributed by atoms with van der Waals surface area (Å²) in [5.41, 5.74) is 0.461. The minimum Gasteiger partial charge on any atom is -0.311 e. The van der Waals surface area contributed by atoms with Crippen LogP contribution in [0.1, 0.15) is 25.3 Å². The van der Waals surface area contributed by atoms with Gasteiger partial charge in [0.15, 0.2) is 11.6 Å². The van der Waals surface area contributed by atoms with E-state index in [2.05, 4.69) is 17.1 Å². The van der Waals surface area contributed by atoms with Gasteiger partial charge in [-0.05, 0) is 31.7 Å². The second-order valence-electron chi connectivity index (χ2n) is 5.84. The highest BCUT2D eigenvalue weighted by Gasteiger charge is 2.36. The molecule has 4 heteroatoms. The van der Waals surface area contributed by atoms with Gasteiger partial charge in [0.05, 0.1) is 0 Å². The van der Waals surface area contributed by atoms with Crippen molar-refractivity contribution in [1.29, 1.82) is 0 Å². The van der Waals surface area contributed by atoms with Crippen LogP contribution in [0, 0.1) is 17.6 Å². The Labute approximate surface area is 112 Å². The lowest BCUT2D eigenvalue weighted by Gasteiger charge is -2.39. The summed E-state index contributed by atoms with van der Waals surface area (Å²) in [5, 5.41) is 3.56. The second kappa shape index (κ2) is 5.17. The predicted octanol–water partition coefficient (Wildman–Crippen LogP) is 2.54. The molecule has 3 rings (SSSR count). The van der Waals surface area contributed by atoms with Crippen LogP contribution >= 0.6 is 0 Å². The highest BCUT2D eigenvalue weighted by atomic mass is 19.2. The molecule has 2 atom stereocenters. The molecule has 2 nitrogen and oxygen atoms in total. The fourth-order valence-electron chi connectivity index (χ4n) is 2.87. The zero-order chi connectivity index (χ0) is 13.4. The Kier molecular flexibility index (Phi) is 3.54. The summed E-state index contributed by atoms with van der Waals surface area (Å²) in [6.45, 7) is 4.49. The minimum absolute atomic E-state index is 0.359. The van der Waals surface area contributed by atoms with Gasteiger partial charge in [-0.3, -0.25) is 4.90 Å². The highest BCUT2D eigenvalue weighted by Crippen LogP contribution is 2.34. The van der Waals surface area contributed by atoms with Gasteiger partial charge in [-0.25, -0.2) is 8.78 Å². The number of hydrogen-bond acceptors (Lipinski definition) is 2. The number of rotatable bonds is 3. The van der Waals surface area contributed by atoms with Crippen molar-refractivity contribution in [2.75, 3.05) is 13.1 Å². The molecule has 1 saturated heterocycles. The normalized spacial score (nSPS) is 28.6. The molecule has 1 heterocycles. The first-order valence-electron chi connectivity index (χ1n) is 7.05. The van der Waals surface area contributed by atoms with E-state index in [4.69, 9.17) is 0 Å². The lowest BCUT2D eigenvalue weighted by molar-refractivity contribution is 0.123. The molecule has 2 fully saturated rings. The van der Waals surface area contributed by atoms with Crippen LogP contribution in [0.3, 0.4) is 0 Å². The summed E-state index contributed by atoms with van der Waals surface area (Å²) >= 11 is 0. The van der Waals surface area contributed by atoms with Crippen molar-refractivity contribution in [3.8, 4) is 0 Å². The molecule has 2 unspecified atom stereocenters. The lowest BCUT2D eigenvalue weighted by Crippen LogP contribution is -2.55. The minimum atomic E-state index is -0.751. The maximum Gasteiger partial charge on any atom is 0.163 e. The monoisotopic (exact) mass is 266 g/mol. The highest BCUT2D eigenvalue weighted by molar-refractivity contribution is 5.19. The Hall–Kier alpha value is -1.00. The largest absolute Gasteiger partial charge is 0.311 e. The van der Waals surface area contributed by atoms with Crippen LogP contribution in [-0.2, 0) is 6.54 Å². The number of nitrogens with zero attached hydrogens (tertiary/aromatic N) is 1. The third-order valence-electron chi connectivity index (χ3n) is 4.33. The van der Waals surface area contributed by atoms with Crippen molar-refractivity contribution in [3.63, 3.8) is 0 Å². The number of hydrogen-bond donors (Lipinski definition) is 1. The molecule has 0 aromatic heterocycles. The summed E-state index contributed by atoms with van der Waals surface area (Å²) in [5.74, 6) is -0.664. The van der Waals surface area contributed by atoms with Gasteiger partial charge in [-0.2, -0.15) is 0 Å². The Balaban J connectivity index is 1.71. The molecule has 0 bridgehead atoms. The van der Waals surface area contributed by atoms with Crippen molar-refractivity contribution >= 4 is 0 Å². The topological polar surface area (TPSA) is 15.3 Å². The molecule has 0 spiro atoms. The molecular formula is C15H20F2N2. The number of piperazine rings is 1. The van der Waals surface area contributed by atoms with Crippen LogP contribution in [0.5, 0.6) is 0 Å². The fourth-order valence-corrected chi connectivity index (χ4v) is 2.87. The van der Waals surface area contributed by atoms with Crippen LogP contribution in [0.4, 0.5) is 8.78 Å². The van der Waals surface area contributed by atoms with E-state index in [0.717, 1.165) is 19.0 Å². The molecule has 2 aliphatic rings. The predicted molar refractivity (Wildman–Crippen MR) is 70.7 cm³/mol. The molecule has 0 amide bonds. The molecule has 1 N–H and O–H groups in total. The second-order valence-corrected chi connectivity index (χ2v) is 5.84. The molecule has 1 saturated carbocycles. The van der Waals surface area contributed by atoms with Gasteiger partial charge in [-0.15, -0.1) is 0 Å². The van der Waals surface area contributed by atoms with Gasteiger partial charge in [0.1, 0.15) is 0 Å². The Bertz CT molecular complexity index is 459. The van der Waals surface area contributed by atoms with E-state index in [-0.39, 0.29) is 0 Å². The average Bonchev–Trinajstić information content (AvgIpc) is 3.22. The van der Waals surface area contributed by atoms with Crippen molar-refractivity contribution in [2.24, 2.45) is 5.92 Å². The number of benzene rings is 1. The molecule has 1 aromatic rings. The molecule has 19 heavy (non-hydrogen) atoms. The van der Waals surface area contributed by atoms with Crippen molar-refractivity contribution in [1.82, 2.24) is 10.2 Å². The van der Waals surface area contributed by atoms with E-state index in [1.54, 1.807) is 12.1 Å². The molecule has 1 aliphatic heterocycles. The summed E-state index contributed by atoms with van der Waals surface area (Å²) in [4.78, 5) is 2.26. The average molecular weight is 266 g/mol. The van der Waals surface area contributed by atoms with E-state index in [1.165, 1.54) is 18.9 Å².